The van der Waals surface area contributed by atoms with Crippen LogP contribution in [0.5, 0.6) is 0 Å². The number of carbonyl (C=O) groups excluding carboxylic acids is 1. The van der Waals surface area contributed by atoms with Gasteiger partial charge in [-0.15, -0.1) is 0 Å². The van der Waals surface area contributed by atoms with Crippen LogP contribution in [0.4, 0.5) is 8.78 Å². The molecule has 0 saturated heterocycles. The molecule has 0 rings (SSSR count). The van der Waals surface area contributed by atoms with Gasteiger partial charge in [-0.3, -0.25) is 4.79 Å². The van der Waals surface area contributed by atoms with Crippen molar-refractivity contribution in [2.45, 2.75) is 18.1 Å². The van der Waals surface area contributed by atoms with Gasteiger partial charge in [0.25, 0.3) is 0 Å². The van der Waals surface area contributed by atoms with E-state index in [1.165, 1.54) is 0 Å². The third kappa shape index (κ3) is 2.49. The molecule has 0 unspecified atom stereocenters. The average molecular weight is 170 g/mol. The molecule has 0 aromatic rings. The van der Waals surface area contributed by atoms with Crippen molar-refractivity contribution in [2.75, 3.05) is 6.61 Å². The normalized spacial score (nSPS) is 17.5. The lowest BCUT2D eigenvalue weighted by atomic mass is 10.1. The first kappa shape index (κ1) is 10.4. The van der Waals surface area contributed by atoms with Gasteiger partial charge in [-0.2, -0.15) is 8.78 Å². The third-order valence-electron chi connectivity index (χ3n) is 1.10. The summed E-state index contributed by atoms with van der Waals surface area (Å²) in [6.45, 7) is -1.02. The standard InChI is InChI=1S/C5H8F2O4/c6-5(7,2-9)4(11)3(10)1-8/h2-4,8,10-11H,1H2/t3-,4+/m0/s1. The summed E-state index contributed by atoms with van der Waals surface area (Å²) in [4.78, 5) is 9.59. The van der Waals surface area contributed by atoms with Gasteiger partial charge in [0.15, 0.2) is 12.4 Å². The van der Waals surface area contributed by atoms with E-state index in [1.807, 2.05) is 0 Å². The number of aliphatic hydroxyl groups excluding tert-OH is 3. The summed E-state index contributed by atoms with van der Waals surface area (Å²) in [5.74, 6) is -4.01. The van der Waals surface area contributed by atoms with E-state index in [1.54, 1.807) is 0 Å². The molecule has 66 valence electrons. The van der Waals surface area contributed by atoms with E-state index in [0.717, 1.165) is 0 Å². The highest BCUT2D eigenvalue weighted by Crippen LogP contribution is 2.17. The van der Waals surface area contributed by atoms with Crippen molar-refractivity contribution < 1.29 is 28.9 Å². The maximum absolute atomic E-state index is 12.1. The second-order valence-corrected chi connectivity index (χ2v) is 1.99. The molecule has 0 amide bonds. The van der Waals surface area contributed by atoms with Crippen molar-refractivity contribution in [1.82, 2.24) is 0 Å². The molecule has 11 heavy (non-hydrogen) atoms. The molecular weight excluding hydrogens is 162 g/mol. The molecule has 2 atom stereocenters. The molecule has 6 heteroatoms. The number of halogens is 2. The summed E-state index contributed by atoms with van der Waals surface area (Å²) in [6.07, 6.45) is -5.34. The monoisotopic (exact) mass is 170 g/mol. The Balaban J connectivity index is 4.21. The second-order valence-electron chi connectivity index (χ2n) is 1.99. The molecule has 0 bridgehead atoms. The molecule has 0 heterocycles. The van der Waals surface area contributed by atoms with Gasteiger partial charge < -0.3 is 15.3 Å². The molecule has 0 aromatic carbocycles. The number of rotatable bonds is 4. The minimum absolute atomic E-state index is 0.781. The molecule has 4 nitrogen and oxygen atoms in total. The predicted molar refractivity (Wildman–Crippen MR) is 30.1 cm³/mol. The SMILES string of the molecule is O=CC(F)(F)[C@H](O)[C@@H](O)CO. The van der Waals surface area contributed by atoms with Crippen LogP contribution < -0.4 is 0 Å². The third-order valence-corrected chi connectivity index (χ3v) is 1.10. The van der Waals surface area contributed by atoms with Crippen molar-refractivity contribution in [3.63, 3.8) is 0 Å². The lowest BCUT2D eigenvalue weighted by Crippen LogP contribution is -2.45. The fraction of sp³-hybridized carbons (Fsp3) is 0.800. The molecule has 0 saturated carbocycles. The van der Waals surface area contributed by atoms with Gasteiger partial charge >= 0.3 is 5.92 Å². The van der Waals surface area contributed by atoms with Crippen LogP contribution in [0.25, 0.3) is 0 Å². The van der Waals surface area contributed by atoms with Crippen LogP contribution in [0.1, 0.15) is 0 Å². The van der Waals surface area contributed by atoms with E-state index in [9.17, 15) is 13.6 Å². The number of alkyl halides is 2. The number of hydrogen-bond acceptors (Lipinski definition) is 4. The first-order valence-electron chi connectivity index (χ1n) is 2.77. The Morgan fingerprint density at radius 1 is 1.45 bits per heavy atom. The summed E-state index contributed by atoms with van der Waals surface area (Å²) in [5, 5.41) is 25.0. The predicted octanol–water partition coefficient (Wildman–Crippen LogP) is -1.47. The number of hydrogen-bond donors (Lipinski definition) is 3. The summed E-state index contributed by atoms with van der Waals surface area (Å²) in [6, 6.07) is 0. The fourth-order valence-electron chi connectivity index (χ4n) is 0.426. The van der Waals surface area contributed by atoms with E-state index in [4.69, 9.17) is 15.3 Å². The molecule has 0 spiro atoms. The van der Waals surface area contributed by atoms with E-state index >= 15 is 0 Å². The number of aldehydes is 1. The van der Waals surface area contributed by atoms with Crippen LogP contribution in [-0.4, -0.2) is 46.3 Å². The molecule has 3 N–H and O–H groups in total. The van der Waals surface area contributed by atoms with Crippen molar-refractivity contribution in [3.8, 4) is 0 Å². The first-order valence-corrected chi connectivity index (χ1v) is 2.77. The van der Waals surface area contributed by atoms with Gasteiger partial charge in [0.2, 0.25) is 0 Å². The van der Waals surface area contributed by atoms with Crippen molar-refractivity contribution in [3.05, 3.63) is 0 Å². The fourth-order valence-corrected chi connectivity index (χ4v) is 0.426. The van der Waals surface area contributed by atoms with E-state index in [-0.39, 0.29) is 0 Å². The van der Waals surface area contributed by atoms with Gasteiger partial charge in [0.05, 0.1) is 6.61 Å². The van der Waals surface area contributed by atoms with Crippen LogP contribution in [0.15, 0.2) is 0 Å². The Morgan fingerprint density at radius 2 is 1.91 bits per heavy atom. The molecule has 0 radical (unpaired) electrons. The van der Waals surface area contributed by atoms with Gasteiger partial charge in [-0.1, -0.05) is 0 Å². The lowest BCUT2D eigenvalue weighted by molar-refractivity contribution is -0.166. The minimum atomic E-state index is -4.01. The molecule has 0 fully saturated rings. The van der Waals surface area contributed by atoms with Crippen LogP contribution in [-0.2, 0) is 4.79 Å². The van der Waals surface area contributed by atoms with Gasteiger partial charge in [0.1, 0.15) is 6.10 Å². The lowest BCUT2D eigenvalue weighted by Gasteiger charge is -2.20. The van der Waals surface area contributed by atoms with Gasteiger partial charge in [-0.05, 0) is 0 Å². The second kappa shape index (κ2) is 3.70. The molecule has 0 aromatic heterocycles. The smallest absolute Gasteiger partial charge is 0.330 e. The highest BCUT2D eigenvalue weighted by molar-refractivity contribution is 5.60. The molecular formula is C5H8F2O4. The highest BCUT2D eigenvalue weighted by atomic mass is 19.3. The molecule has 0 aliphatic rings. The topological polar surface area (TPSA) is 77.8 Å². The Kier molecular flexibility index (Phi) is 3.50. The maximum atomic E-state index is 12.1. The highest BCUT2D eigenvalue weighted by Gasteiger charge is 2.42. The zero-order chi connectivity index (χ0) is 9.07. The summed E-state index contributed by atoms with van der Waals surface area (Å²) in [5.41, 5.74) is 0. The minimum Gasteiger partial charge on any atom is -0.394 e. The van der Waals surface area contributed by atoms with Crippen LogP contribution in [0.2, 0.25) is 0 Å². The van der Waals surface area contributed by atoms with Crippen LogP contribution in [0, 0.1) is 0 Å². The molecule has 0 aliphatic carbocycles. The van der Waals surface area contributed by atoms with Crippen molar-refractivity contribution in [2.24, 2.45) is 0 Å². The van der Waals surface area contributed by atoms with Crippen LogP contribution in [0.3, 0.4) is 0 Å². The number of carbonyl (C=O) groups is 1. The number of aliphatic hydroxyl groups is 3. The first-order chi connectivity index (χ1) is 4.95. The van der Waals surface area contributed by atoms with E-state index in [0.29, 0.717) is 0 Å². The Labute approximate surface area is 61.1 Å². The van der Waals surface area contributed by atoms with Gasteiger partial charge in [0, 0.05) is 0 Å². The Hall–Kier alpha value is -0.590. The quantitative estimate of drug-likeness (QED) is 0.450. The summed E-state index contributed by atoms with van der Waals surface area (Å²) >= 11 is 0. The largest absolute Gasteiger partial charge is 0.394 e. The Bertz CT molecular complexity index is 138. The Morgan fingerprint density at radius 3 is 2.18 bits per heavy atom. The van der Waals surface area contributed by atoms with Crippen LogP contribution >= 0.6 is 0 Å². The van der Waals surface area contributed by atoms with Gasteiger partial charge in [-0.25, -0.2) is 0 Å². The zero-order valence-corrected chi connectivity index (χ0v) is 5.44. The van der Waals surface area contributed by atoms with Crippen molar-refractivity contribution in [1.29, 1.82) is 0 Å². The zero-order valence-electron chi connectivity index (χ0n) is 5.44. The summed E-state index contributed by atoms with van der Waals surface area (Å²) < 4.78 is 24.2. The average Bonchev–Trinajstić information content (AvgIpc) is 2.01. The maximum Gasteiger partial charge on any atom is 0.330 e. The molecule has 0 aliphatic heterocycles. The van der Waals surface area contributed by atoms with E-state index < -0.39 is 31.0 Å². The summed E-state index contributed by atoms with van der Waals surface area (Å²) in [7, 11) is 0. The van der Waals surface area contributed by atoms with E-state index in [2.05, 4.69) is 0 Å². The van der Waals surface area contributed by atoms with Crippen molar-refractivity contribution >= 4 is 6.29 Å².